The van der Waals surface area contributed by atoms with E-state index >= 15 is 0 Å². The molecule has 1 atom stereocenters. The lowest BCUT2D eigenvalue weighted by atomic mass is 9.75. The molecule has 2 aliphatic heterocycles. The molecule has 1 amide bonds. The van der Waals surface area contributed by atoms with Gasteiger partial charge in [-0.1, -0.05) is 30.3 Å². The van der Waals surface area contributed by atoms with Crippen molar-refractivity contribution in [3.63, 3.8) is 0 Å². The average molecular weight is 566 g/mol. The van der Waals surface area contributed by atoms with Crippen molar-refractivity contribution < 1.29 is 32.9 Å². The minimum absolute atomic E-state index is 0.244. The van der Waals surface area contributed by atoms with E-state index in [1.54, 1.807) is 12.1 Å². The Bertz CT molecular complexity index is 1450. The van der Waals surface area contributed by atoms with Crippen LogP contribution in [0.3, 0.4) is 0 Å². The molecule has 3 aromatic carbocycles. The number of ether oxygens (including phenoxy) is 2. The molecule has 1 spiro atoms. The van der Waals surface area contributed by atoms with Crippen LogP contribution in [-0.2, 0) is 26.3 Å². The van der Waals surface area contributed by atoms with Crippen molar-refractivity contribution in [1.82, 2.24) is 9.42 Å². The Kier molecular flexibility index (Phi) is 7.27. The second-order valence-electron chi connectivity index (χ2n) is 9.86. The first-order valence-corrected chi connectivity index (χ1v) is 13.5. The van der Waals surface area contributed by atoms with Gasteiger partial charge in [-0.15, -0.1) is 4.41 Å². The molecule has 0 aromatic heterocycles. The van der Waals surface area contributed by atoms with Crippen LogP contribution in [-0.4, -0.2) is 83.1 Å². The quantitative estimate of drug-likeness (QED) is 0.308. The van der Waals surface area contributed by atoms with Crippen LogP contribution in [0.1, 0.15) is 27.0 Å². The molecule has 2 aliphatic rings. The van der Waals surface area contributed by atoms with Gasteiger partial charge in [-0.25, -0.2) is 9.80 Å². The summed E-state index contributed by atoms with van der Waals surface area (Å²) in [5.41, 5.74) is 2.43. The SMILES string of the molecule is CN(C)c1ccc2c(c1)Oc1cc(N(C)C)ccc1C21c2ccccc2C(=O)N1N(CCOCC(=O)O)S(=O)[O-]. The van der Waals surface area contributed by atoms with Gasteiger partial charge in [-0.2, -0.15) is 0 Å². The number of hydrogen-bond donors (Lipinski definition) is 1. The summed E-state index contributed by atoms with van der Waals surface area (Å²) in [5, 5.41) is 10.2. The second-order valence-corrected chi connectivity index (χ2v) is 10.7. The number of hydrogen-bond acceptors (Lipinski definition) is 8. The molecule has 40 heavy (non-hydrogen) atoms. The fourth-order valence-corrected chi connectivity index (χ4v) is 5.86. The second kappa shape index (κ2) is 10.5. The zero-order valence-corrected chi connectivity index (χ0v) is 23.3. The van der Waals surface area contributed by atoms with E-state index in [-0.39, 0.29) is 13.2 Å². The molecule has 0 radical (unpaired) electrons. The van der Waals surface area contributed by atoms with Gasteiger partial charge >= 0.3 is 5.97 Å². The van der Waals surface area contributed by atoms with Gasteiger partial charge in [0.25, 0.3) is 5.91 Å². The van der Waals surface area contributed by atoms with Crippen LogP contribution in [0.2, 0.25) is 0 Å². The largest absolute Gasteiger partial charge is 0.758 e. The Morgan fingerprint density at radius 1 is 0.975 bits per heavy atom. The van der Waals surface area contributed by atoms with Crippen LogP contribution in [0.25, 0.3) is 0 Å². The van der Waals surface area contributed by atoms with Crippen molar-refractivity contribution in [2.24, 2.45) is 0 Å². The predicted molar refractivity (Wildman–Crippen MR) is 148 cm³/mol. The van der Waals surface area contributed by atoms with Crippen LogP contribution >= 0.6 is 0 Å². The van der Waals surface area contributed by atoms with E-state index in [0.717, 1.165) is 15.8 Å². The fraction of sp³-hybridized carbons (Fsp3) is 0.286. The lowest BCUT2D eigenvalue weighted by Crippen LogP contribution is -2.57. The van der Waals surface area contributed by atoms with Gasteiger partial charge in [0.05, 0.1) is 13.2 Å². The highest BCUT2D eigenvalue weighted by Crippen LogP contribution is 2.58. The first kappa shape index (κ1) is 27.6. The van der Waals surface area contributed by atoms with Crippen LogP contribution in [0.15, 0.2) is 60.7 Å². The normalized spacial score (nSPS) is 15.3. The monoisotopic (exact) mass is 565 g/mol. The maximum absolute atomic E-state index is 14.1. The first-order valence-electron chi connectivity index (χ1n) is 12.5. The highest BCUT2D eigenvalue weighted by atomic mass is 32.2. The molecule has 0 saturated carbocycles. The Morgan fingerprint density at radius 2 is 1.55 bits per heavy atom. The number of aliphatic carboxylic acids is 1. The van der Waals surface area contributed by atoms with E-state index in [1.165, 1.54) is 5.01 Å². The third-order valence-electron chi connectivity index (χ3n) is 7.07. The number of carboxylic acids is 1. The zero-order chi connectivity index (χ0) is 28.8. The number of fused-ring (bicyclic) bond motifs is 6. The Morgan fingerprint density at radius 3 is 2.08 bits per heavy atom. The maximum atomic E-state index is 14.1. The van der Waals surface area contributed by atoms with Crippen LogP contribution < -0.4 is 14.5 Å². The summed E-state index contributed by atoms with van der Waals surface area (Å²) in [4.78, 5) is 28.9. The van der Waals surface area contributed by atoms with Gasteiger partial charge in [0.2, 0.25) is 0 Å². The topological polar surface area (TPSA) is 126 Å². The molecule has 0 aliphatic carbocycles. The molecule has 0 bridgehead atoms. The fourth-order valence-electron chi connectivity index (χ4n) is 5.30. The molecule has 1 N–H and O–H groups in total. The number of carbonyl (C=O) groups excluding carboxylic acids is 1. The number of rotatable bonds is 9. The molecule has 0 saturated heterocycles. The summed E-state index contributed by atoms with van der Waals surface area (Å²) < 4.78 is 38.0. The number of carbonyl (C=O) groups is 2. The molecule has 5 rings (SSSR count). The molecule has 210 valence electrons. The van der Waals surface area contributed by atoms with Gasteiger partial charge in [0.15, 0.2) is 0 Å². The van der Waals surface area contributed by atoms with Crippen molar-refractivity contribution in [2.75, 3.05) is 57.7 Å². The number of amides is 1. The minimum atomic E-state index is -2.92. The summed E-state index contributed by atoms with van der Waals surface area (Å²) in [6.07, 6.45) is 0. The molecule has 2 heterocycles. The van der Waals surface area contributed by atoms with Crippen LogP contribution in [0.4, 0.5) is 11.4 Å². The minimum Gasteiger partial charge on any atom is -0.758 e. The Hall–Kier alpha value is -3.97. The van der Waals surface area contributed by atoms with Gasteiger partial charge in [-0.3, -0.25) is 9.00 Å². The summed E-state index contributed by atoms with van der Waals surface area (Å²) >= 11 is -2.92. The molecule has 1 unspecified atom stereocenters. The summed E-state index contributed by atoms with van der Waals surface area (Å²) in [5.74, 6) is -0.757. The highest BCUT2D eigenvalue weighted by Gasteiger charge is 2.58. The Balaban J connectivity index is 1.79. The number of anilines is 2. The van der Waals surface area contributed by atoms with Crippen LogP contribution in [0, 0.1) is 0 Å². The van der Waals surface area contributed by atoms with Crippen molar-refractivity contribution >= 4 is 34.5 Å². The predicted octanol–water partition coefficient (Wildman–Crippen LogP) is 2.78. The first-order chi connectivity index (χ1) is 19.1. The number of nitrogens with zero attached hydrogens (tertiary/aromatic N) is 4. The highest BCUT2D eigenvalue weighted by molar-refractivity contribution is 7.76. The van der Waals surface area contributed by atoms with Crippen molar-refractivity contribution in [3.8, 4) is 11.5 Å². The van der Waals surface area contributed by atoms with Crippen molar-refractivity contribution in [1.29, 1.82) is 0 Å². The third kappa shape index (κ3) is 4.38. The third-order valence-corrected chi connectivity index (χ3v) is 7.76. The van der Waals surface area contributed by atoms with E-state index in [0.29, 0.717) is 33.8 Å². The Labute approximate surface area is 234 Å². The van der Waals surface area contributed by atoms with Gasteiger partial charge < -0.3 is 28.9 Å². The molecular weight excluding hydrogens is 536 g/mol. The lowest BCUT2D eigenvalue weighted by molar-refractivity contribution is -0.142. The summed E-state index contributed by atoms with van der Waals surface area (Å²) in [6, 6.07) is 18.2. The average Bonchev–Trinajstić information content (AvgIpc) is 3.16. The maximum Gasteiger partial charge on any atom is 0.329 e. The number of benzene rings is 3. The van der Waals surface area contributed by atoms with E-state index in [9.17, 15) is 18.4 Å². The lowest BCUT2D eigenvalue weighted by Gasteiger charge is -2.48. The molecule has 11 nitrogen and oxygen atoms in total. The van der Waals surface area contributed by atoms with Crippen molar-refractivity contribution in [2.45, 2.75) is 5.54 Å². The van der Waals surface area contributed by atoms with E-state index in [4.69, 9.17) is 14.6 Å². The zero-order valence-electron chi connectivity index (χ0n) is 22.5. The smallest absolute Gasteiger partial charge is 0.329 e. The van der Waals surface area contributed by atoms with Gasteiger partial charge in [-0.05, 0) is 18.2 Å². The molecule has 12 heteroatoms. The number of carboxylic acid groups (broad SMARTS) is 1. The van der Waals surface area contributed by atoms with Crippen LogP contribution in [0.5, 0.6) is 11.5 Å². The van der Waals surface area contributed by atoms with E-state index < -0.39 is 35.3 Å². The molecular formula is C28H29N4O7S-. The van der Waals surface area contributed by atoms with Gasteiger partial charge in [0, 0.05) is 85.2 Å². The summed E-state index contributed by atoms with van der Waals surface area (Å²) in [7, 11) is 7.61. The molecule has 3 aromatic rings. The number of hydrazine groups is 1. The van der Waals surface area contributed by atoms with E-state index in [1.807, 2.05) is 86.5 Å². The van der Waals surface area contributed by atoms with Crippen molar-refractivity contribution in [3.05, 3.63) is 82.9 Å². The van der Waals surface area contributed by atoms with Gasteiger partial charge in [0.1, 0.15) is 23.6 Å². The van der Waals surface area contributed by atoms with E-state index in [2.05, 4.69) is 0 Å². The standard InChI is InChI=1S/C28H30N4O7S/c1-29(2)18-9-11-22-24(15-18)39-25-16-19(30(3)4)10-12-23(25)28(22)21-8-6-5-7-20(21)27(35)32(28)31(40(36)37)13-14-38-17-26(33)34/h5-12,15-16H,13-14,17H2,1-4H3,(H,33,34)(H,36,37)/p-1. The molecule has 0 fully saturated rings. The summed E-state index contributed by atoms with van der Waals surface area (Å²) in [6.45, 7) is -1.13.